The summed E-state index contributed by atoms with van der Waals surface area (Å²) in [7, 11) is 4.43. The molecule has 0 saturated carbocycles. The van der Waals surface area contributed by atoms with Crippen LogP contribution in [0.15, 0.2) is 41.7 Å². The molecule has 0 aliphatic rings. The van der Waals surface area contributed by atoms with Gasteiger partial charge in [-0.05, 0) is 18.2 Å². The Hall–Kier alpha value is -3.89. The number of ether oxygens (including phenoxy) is 3. The van der Waals surface area contributed by atoms with Crippen LogP contribution in [0.3, 0.4) is 0 Å². The molecule has 0 radical (unpaired) electrons. The molecule has 3 aromatic rings. The molecule has 0 atom stereocenters. The van der Waals surface area contributed by atoms with E-state index in [1.54, 1.807) is 18.2 Å². The maximum Gasteiger partial charge on any atom is 0.266 e. The van der Waals surface area contributed by atoms with Crippen molar-refractivity contribution in [2.24, 2.45) is 0 Å². The van der Waals surface area contributed by atoms with Crippen LogP contribution >= 0.6 is 0 Å². The highest BCUT2D eigenvalue weighted by Gasteiger charge is 2.17. The first-order valence-corrected chi connectivity index (χ1v) is 8.58. The molecule has 1 N–H and O–H groups in total. The van der Waals surface area contributed by atoms with Gasteiger partial charge in [0.05, 0.1) is 27.9 Å². The van der Waals surface area contributed by atoms with Crippen LogP contribution in [0.2, 0.25) is 0 Å². The molecule has 29 heavy (non-hydrogen) atoms. The van der Waals surface area contributed by atoms with Gasteiger partial charge in [0, 0.05) is 18.2 Å². The molecule has 0 aliphatic carbocycles. The normalized spacial score (nSPS) is 10.4. The van der Waals surface area contributed by atoms with Crippen LogP contribution in [0.25, 0.3) is 5.82 Å². The van der Waals surface area contributed by atoms with Gasteiger partial charge < -0.3 is 19.5 Å². The van der Waals surface area contributed by atoms with Gasteiger partial charge in [-0.3, -0.25) is 9.59 Å². The molecule has 152 valence electrons. The molecule has 1 aromatic carbocycles. The van der Waals surface area contributed by atoms with E-state index in [1.807, 2.05) is 0 Å². The molecule has 0 bridgehead atoms. The Morgan fingerprint density at radius 1 is 1.10 bits per heavy atom. The lowest BCUT2D eigenvalue weighted by atomic mass is 10.1. The average molecular weight is 400 g/mol. The van der Waals surface area contributed by atoms with E-state index in [0.29, 0.717) is 28.6 Å². The van der Waals surface area contributed by atoms with Gasteiger partial charge in [-0.1, -0.05) is 0 Å². The molecule has 0 aliphatic heterocycles. The third kappa shape index (κ3) is 4.34. The van der Waals surface area contributed by atoms with Crippen LogP contribution in [0.4, 0.5) is 0 Å². The third-order valence-corrected chi connectivity index (χ3v) is 4.04. The lowest BCUT2D eigenvalue weighted by Crippen LogP contribution is -2.32. The molecule has 1 amide bonds. The summed E-state index contributed by atoms with van der Waals surface area (Å²) in [6.07, 6.45) is 2.85. The number of hydrogen-bond acceptors (Lipinski definition) is 8. The van der Waals surface area contributed by atoms with Crippen molar-refractivity contribution in [3.63, 3.8) is 0 Å². The van der Waals surface area contributed by atoms with E-state index in [0.717, 1.165) is 0 Å². The second kappa shape index (κ2) is 8.87. The van der Waals surface area contributed by atoms with Crippen molar-refractivity contribution in [2.45, 2.75) is 6.54 Å². The summed E-state index contributed by atoms with van der Waals surface area (Å²) in [5.74, 6) is 1.22. The monoisotopic (exact) mass is 400 g/mol. The fraction of sp³-hybridized carbons (Fsp3) is 0.278. The van der Waals surface area contributed by atoms with E-state index in [-0.39, 0.29) is 24.6 Å². The van der Waals surface area contributed by atoms with Gasteiger partial charge in [-0.25, -0.2) is 14.3 Å². The predicted octanol–water partition coefficient (Wildman–Crippen LogP) is 0.280. The van der Waals surface area contributed by atoms with Gasteiger partial charge in [-0.2, -0.15) is 5.10 Å². The fourth-order valence-corrected chi connectivity index (χ4v) is 2.64. The average Bonchev–Trinajstić information content (AvgIpc) is 3.28. The molecule has 0 fully saturated rings. The molecule has 0 saturated heterocycles. The van der Waals surface area contributed by atoms with Gasteiger partial charge in [0.1, 0.15) is 12.7 Å². The number of nitrogens with zero attached hydrogens (tertiary/aromatic N) is 5. The number of nitrogens with one attached hydrogen (secondary N) is 1. The number of aromatic nitrogens is 5. The first-order chi connectivity index (χ1) is 14.1. The van der Waals surface area contributed by atoms with E-state index in [4.69, 9.17) is 14.2 Å². The summed E-state index contributed by atoms with van der Waals surface area (Å²) < 4.78 is 18.4. The Balaban J connectivity index is 1.70. The first-order valence-electron chi connectivity index (χ1n) is 8.58. The van der Waals surface area contributed by atoms with Crippen LogP contribution in [-0.4, -0.2) is 58.3 Å². The molecule has 3 rings (SSSR count). The molecule has 0 unspecified atom stereocenters. The highest BCUT2D eigenvalue weighted by molar-refractivity contribution is 5.95. The van der Waals surface area contributed by atoms with E-state index in [1.165, 1.54) is 49.4 Å². The minimum Gasteiger partial charge on any atom is -0.493 e. The number of hydrogen-bond donors (Lipinski definition) is 1. The largest absolute Gasteiger partial charge is 0.493 e. The summed E-state index contributed by atoms with van der Waals surface area (Å²) in [5, 5.41) is 10.9. The maximum atomic E-state index is 12.5. The van der Waals surface area contributed by atoms with Crippen molar-refractivity contribution in [1.82, 2.24) is 29.9 Å². The molecule has 11 heteroatoms. The van der Waals surface area contributed by atoms with Crippen LogP contribution in [-0.2, 0) is 6.54 Å². The second-order valence-corrected chi connectivity index (χ2v) is 5.76. The summed E-state index contributed by atoms with van der Waals surface area (Å²) in [5.41, 5.74) is 0.0343. The minimum atomic E-state index is -0.357. The van der Waals surface area contributed by atoms with Crippen LogP contribution < -0.4 is 25.1 Å². The van der Waals surface area contributed by atoms with Gasteiger partial charge in [0.2, 0.25) is 5.75 Å². The maximum absolute atomic E-state index is 12.5. The summed E-state index contributed by atoms with van der Waals surface area (Å²) in [6, 6.07) is 6.02. The molecule has 11 nitrogen and oxygen atoms in total. The van der Waals surface area contributed by atoms with Crippen molar-refractivity contribution in [3.05, 3.63) is 52.8 Å². The Bertz CT molecular complexity index is 1020. The van der Waals surface area contributed by atoms with Crippen LogP contribution in [0.5, 0.6) is 17.2 Å². The SMILES string of the molecule is COc1cc(C(=O)NCCn2nc(-n3cncn3)ccc2=O)cc(OC)c1OC. The van der Waals surface area contributed by atoms with Crippen molar-refractivity contribution < 1.29 is 19.0 Å². The zero-order valence-electron chi connectivity index (χ0n) is 16.2. The molecular weight excluding hydrogens is 380 g/mol. The first kappa shape index (κ1) is 19.9. The van der Waals surface area contributed by atoms with E-state index >= 15 is 0 Å². The van der Waals surface area contributed by atoms with Crippen molar-refractivity contribution in [1.29, 1.82) is 0 Å². The van der Waals surface area contributed by atoms with E-state index in [2.05, 4.69) is 20.5 Å². The summed E-state index contributed by atoms with van der Waals surface area (Å²) >= 11 is 0. The molecule has 2 aromatic heterocycles. The molecular formula is C18H20N6O5. The third-order valence-electron chi connectivity index (χ3n) is 4.04. The van der Waals surface area contributed by atoms with Crippen molar-refractivity contribution in [3.8, 4) is 23.1 Å². The topological polar surface area (TPSA) is 122 Å². The number of carbonyl (C=O) groups excluding carboxylic acids is 1. The smallest absolute Gasteiger partial charge is 0.266 e. The van der Waals surface area contributed by atoms with Crippen molar-refractivity contribution >= 4 is 5.91 Å². The highest BCUT2D eigenvalue weighted by atomic mass is 16.5. The quantitative estimate of drug-likeness (QED) is 0.572. The minimum absolute atomic E-state index is 0.178. The number of benzene rings is 1. The lowest BCUT2D eigenvalue weighted by molar-refractivity contribution is 0.0951. The number of rotatable bonds is 8. The van der Waals surface area contributed by atoms with Gasteiger partial charge in [0.15, 0.2) is 17.3 Å². The Labute approximate surface area is 165 Å². The second-order valence-electron chi connectivity index (χ2n) is 5.76. The number of methoxy groups -OCH3 is 3. The highest BCUT2D eigenvalue weighted by Crippen LogP contribution is 2.38. The molecule has 0 spiro atoms. The summed E-state index contributed by atoms with van der Waals surface area (Å²) in [6.45, 7) is 0.362. The van der Waals surface area contributed by atoms with Gasteiger partial charge >= 0.3 is 0 Å². The van der Waals surface area contributed by atoms with Crippen LogP contribution in [0, 0.1) is 0 Å². The molecule has 2 heterocycles. The van der Waals surface area contributed by atoms with Gasteiger partial charge in [0.25, 0.3) is 11.5 Å². The van der Waals surface area contributed by atoms with Crippen molar-refractivity contribution in [2.75, 3.05) is 27.9 Å². The lowest BCUT2D eigenvalue weighted by Gasteiger charge is -2.14. The zero-order valence-corrected chi connectivity index (χ0v) is 16.2. The fourth-order valence-electron chi connectivity index (χ4n) is 2.64. The standard InChI is InChI=1S/C18H20N6O5/c1-27-13-8-12(9-14(28-2)17(13)29-3)18(26)20-6-7-23-16(25)5-4-15(22-23)24-11-19-10-21-24/h4-5,8-11H,6-7H2,1-3H3,(H,20,26). The number of amides is 1. The summed E-state index contributed by atoms with van der Waals surface area (Å²) in [4.78, 5) is 28.4. The van der Waals surface area contributed by atoms with Gasteiger partial charge in [-0.15, -0.1) is 5.10 Å². The van der Waals surface area contributed by atoms with E-state index in [9.17, 15) is 9.59 Å². The zero-order chi connectivity index (χ0) is 20.8. The Morgan fingerprint density at radius 3 is 2.41 bits per heavy atom. The number of carbonyl (C=O) groups is 1. The Morgan fingerprint density at radius 2 is 1.83 bits per heavy atom. The Kier molecular flexibility index (Phi) is 6.07. The van der Waals surface area contributed by atoms with Crippen LogP contribution in [0.1, 0.15) is 10.4 Å². The van der Waals surface area contributed by atoms with E-state index < -0.39 is 0 Å². The predicted molar refractivity (Wildman–Crippen MR) is 102 cm³/mol.